The zero-order valence-electron chi connectivity index (χ0n) is 16.2. The molecule has 2 aromatic carbocycles. The van der Waals surface area contributed by atoms with Gasteiger partial charge in [0.05, 0.1) is 17.7 Å². The molecule has 0 aliphatic rings. The molecule has 3 N–H and O–H groups in total. The zero-order valence-corrected chi connectivity index (χ0v) is 17.8. The maximum absolute atomic E-state index is 12.4. The Bertz CT molecular complexity index is 1050. The minimum Gasteiger partial charge on any atom is -0.478 e. The summed E-state index contributed by atoms with van der Waals surface area (Å²) in [5, 5.41) is 15.9. The van der Waals surface area contributed by atoms with Crippen LogP contribution in [0.3, 0.4) is 0 Å². The Balaban J connectivity index is 1.76. The average molecular weight is 441 g/mol. The van der Waals surface area contributed by atoms with E-state index in [1.54, 1.807) is 19.1 Å². The Kier molecular flexibility index (Phi) is 7.16. The van der Waals surface area contributed by atoms with Crippen molar-refractivity contribution in [1.29, 1.82) is 0 Å². The van der Waals surface area contributed by atoms with Crippen molar-refractivity contribution in [1.82, 2.24) is 0 Å². The Hall–Kier alpha value is -3.23. The van der Waals surface area contributed by atoms with Crippen LogP contribution in [-0.4, -0.2) is 28.8 Å². The van der Waals surface area contributed by atoms with Gasteiger partial charge in [0.2, 0.25) is 0 Å². The van der Waals surface area contributed by atoms with Gasteiger partial charge in [0.1, 0.15) is 5.00 Å². The highest BCUT2D eigenvalue weighted by Gasteiger charge is 2.18. The number of thiocarbonyl (C=S) groups is 1. The molecule has 0 radical (unpaired) electrons. The van der Waals surface area contributed by atoms with E-state index < -0.39 is 11.9 Å². The number of ether oxygens (including phenoxy) is 1. The van der Waals surface area contributed by atoms with Crippen LogP contribution in [0.15, 0.2) is 60.7 Å². The van der Waals surface area contributed by atoms with Crippen LogP contribution in [0.2, 0.25) is 0 Å². The van der Waals surface area contributed by atoms with Crippen molar-refractivity contribution in [2.75, 3.05) is 17.2 Å². The molecule has 0 bridgehead atoms. The molecule has 1 heterocycles. The van der Waals surface area contributed by atoms with Gasteiger partial charge in [-0.3, -0.25) is 0 Å². The van der Waals surface area contributed by atoms with Gasteiger partial charge in [0.25, 0.3) is 0 Å². The summed E-state index contributed by atoms with van der Waals surface area (Å²) in [5.74, 6) is -1.41. The quantitative estimate of drug-likeness (QED) is 0.351. The topological polar surface area (TPSA) is 87.7 Å². The third-order valence-electron chi connectivity index (χ3n) is 4.12. The molecule has 0 fully saturated rings. The summed E-state index contributed by atoms with van der Waals surface area (Å²) in [6.07, 6.45) is 0.691. The lowest BCUT2D eigenvalue weighted by atomic mass is 10.1. The SMILES string of the molecule is CCOC(=O)c1cc(Cc2ccccc2)sc1NC(=S)Nc1ccc(C(=O)O)cc1. The first kappa shape index (κ1) is 21.5. The molecule has 0 aliphatic heterocycles. The summed E-state index contributed by atoms with van der Waals surface area (Å²) < 4.78 is 5.18. The van der Waals surface area contributed by atoms with E-state index in [-0.39, 0.29) is 17.3 Å². The molecule has 0 saturated heterocycles. The van der Waals surface area contributed by atoms with Gasteiger partial charge in [-0.05, 0) is 55.0 Å². The molecule has 1 aromatic heterocycles. The smallest absolute Gasteiger partial charge is 0.341 e. The van der Waals surface area contributed by atoms with Crippen molar-refractivity contribution in [3.63, 3.8) is 0 Å². The Labute approximate surface area is 183 Å². The van der Waals surface area contributed by atoms with Gasteiger partial charge >= 0.3 is 11.9 Å². The first-order chi connectivity index (χ1) is 14.5. The molecule has 0 aliphatic carbocycles. The van der Waals surface area contributed by atoms with Crippen molar-refractivity contribution in [2.45, 2.75) is 13.3 Å². The lowest BCUT2D eigenvalue weighted by Crippen LogP contribution is -2.20. The minimum absolute atomic E-state index is 0.188. The van der Waals surface area contributed by atoms with Crippen LogP contribution in [0.5, 0.6) is 0 Å². The van der Waals surface area contributed by atoms with Gasteiger partial charge in [0, 0.05) is 17.0 Å². The fourth-order valence-electron chi connectivity index (χ4n) is 2.74. The second-order valence-corrected chi connectivity index (χ2v) is 7.84. The minimum atomic E-state index is -0.995. The third-order valence-corrected chi connectivity index (χ3v) is 5.37. The van der Waals surface area contributed by atoms with Crippen molar-refractivity contribution in [2.24, 2.45) is 0 Å². The Morgan fingerprint density at radius 3 is 2.40 bits per heavy atom. The van der Waals surface area contributed by atoms with E-state index in [0.29, 0.717) is 22.7 Å². The Morgan fingerprint density at radius 2 is 1.77 bits per heavy atom. The van der Waals surface area contributed by atoms with E-state index in [9.17, 15) is 9.59 Å². The molecule has 0 saturated carbocycles. The first-order valence-corrected chi connectivity index (χ1v) is 10.4. The van der Waals surface area contributed by atoms with Crippen LogP contribution >= 0.6 is 23.6 Å². The van der Waals surface area contributed by atoms with Crippen LogP contribution in [0, 0.1) is 0 Å². The lowest BCUT2D eigenvalue weighted by Gasteiger charge is -2.11. The number of carboxylic acid groups (broad SMARTS) is 1. The van der Waals surface area contributed by atoms with E-state index in [1.165, 1.54) is 23.5 Å². The summed E-state index contributed by atoms with van der Waals surface area (Å²) in [6.45, 7) is 2.04. The number of carbonyl (C=O) groups is 2. The average Bonchev–Trinajstić information content (AvgIpc) is 3.11. The van der Waals surface area contributed by atoms with E-state index in [4.69, 9.17) is 22.1 Å². The van der Waals surface area contributed by atoms with E-state index >= 15 is 0 Å². The number of hydrogen-bond acceptors (Lipinski definition) is 5. The predicted octanol–water partition coefficient (Wildman–Crippen LogP) is 5.02. The number of benzene rings is 2. The highest BCUT2D eigenvalue weighted by Crippen LogP contribution is 2.31. The first-order valence-electron chi connectivity index (χ1n) is 9.21. The molecule has 3 rings (SSSR count). The normalized spacial score (nSPS) is 10.3. The molecule has 0 unspecified atom stereocenters. The molecule has 0 amide bonds. The van der Waals surface area contributed by atoms with E-state index in [1.807, 2.05) is 36.4 Å². The summed E-state index contributed by atoms with van der Waals surface area (Å²) in [6, 6.07) is 18.0. The fraction of sp³-hybridized carbons (Fsp3) is 0.136. The zero-order chi connectivity index (χ0) is 21.5. The molecular formula is C22H20N2O4S2. The maximum Gasteiger partial charge on any atom is 0.341 e. The molecular weight excluding hydrogens is 420 g/mol. The van der Waals surface area contributed by atoms with Crippen LogP contribution in [0.25, 0.3) is 0 Å². The van der Waals surface area contributed by atoms with E-state index in [0.717, 1.165) is 10.4 Å². The summed E-state index contributed by atoms with van der Waals surface area (Å²) in [7, 11) is 0. The molecule has 30 heavy (non-hydrogen) atoms. The van der Waals surface area contributed by atoms with Crippen LogP contribution in [0.4, 0.5) is 10.7 Å². The second-order valence-electron chi connectivity index (χ2n) is 6.30. The third kappa shape index (κ3) is 5.65. The molecule has 0 atom stereocenters. The highest BCUT2D eigenvalue weighted by atomic mass is 32.1. The standard InChI is InChI=1S/C22H20N2O4S2/c1-2-28-21(27)18-13-17(12-14-6-4-3-5-7-14)30-19(18)24-22(29)23-16-10-8-15(9-11-16)20(25)26/h3-11,13H,2,12H2,1H3,(H,25,26)(H2,23,24,29). The number of carboxylic acids is 1. The molecule has 8 heteroatoms. The van der Waals surface area contributed by atoms with Crippen LogP contribution in [0.1, 0.15) is 38.1 Å². The van der Waals surface area contributed by atoms with Gasteiger partial charge in [-0.15, -0.1) is 11.3 Å². The van der Waals surface area contributed by atoms with Gasteiger partial charge in [-0.25, -0.2) is 9.59 Å². The Morgan fingerprint density at radius 1 is 1.07 bits per heavy atom. The molecule has 6 nitrogen and oxygen atoms in total. The van der Waals surface area contributed by atoms with Crippen molar-refractivity contribution in [3.8, 4) is 0 Å². The predicted molar refractivity (Wildman–Crippen MR) is 123 cm³/mol. The van der Waals surface area contributed by atoms with Crippen LogP contribution in [-0.2, 0) is 11.2 Å². The van der Waals surface area contributed by atoms with Crippen molar-refractivity contribution < 1.29 is 19.4 Å². The lowest BCUT2D eigenvalue weighted by molar-refractivity contribution is 0.0527. The number of carbonyl (C=O) groups excluding carboxylic acids is 1. The molecule has 3 aromatic rings. The summed E-state index contributed by atoms with van der Waals surface area (Å²) in [5.41, 5.74) is 2.39. The fourth-order valence-corrected chi connectivity index (χ4v) is 4.11. The van der Waals surface area contributed by atoms with Gasteiger partial charge in [-0.1, -0.05) is 30.3 Å². The van der Waals surface area contributed by atoms with Gasteiger partial charge in [0.15, 0.2) is 5.11 Å². The maximum atomic E-state index is 12.4. The van der Waals surface area contributed by atoms with Crippen LogP contribution < -0.4 is 10.6 Å². The summed E-state index contributed by atoms with van der Waals surface area (Å²) in [4.78, 5) is 24.4. The van der Waals surface area contributed by atoms with E-state index in [2.05, 4.69) is 10.6 Å². The second kappa shape index (κ2) is 10.00. The number of esters is 1. The number of aromatic carboxylic acids is 1. The largest absolute Gasteiger partial charge is 0.478 e. The van der Waals surface area contributed by atoms with Gasteiger partial charge < -0.3 is 20.5 Å². The number of anilines is 2. The number of thiophene rings is 1. The number of hydrogen-bond donors (Lipinski definition) is 3. The number of rotatable bonds is 7. The molecule has 154 valence electrons. The molecule has 0 spiro atoms. The summed E-state index contributed by atoms with van der Waals surface area (Å²) >= 11 is 6.80. The van der Waals surface area contributed by atoms with Gasteiger partial charge in [-0.2, -0.15) is 0 Å². The monoisotopic (exact) mass is 440 g/mol. The van der Waals surface area contributed by atoms with Crippen molar-refractivity contribution >= 4 is 51.3 Å². The number of nitrogens with one attached hydrogen (secondary N) is 2. The highest BCUT2D eigenvalue weighted by molar-refractivity contribution is 7.80. The van der Waals surface area contributed by atoms with Crippen molar-refractivity contribution in [3.05, 3.63) is 82.2 Å².